The van der Waals surface area contributed by atoms with Crippen molar-refractivity contribution < 1.29 is 0 Å². The van der Waals surface area contributed by atoms with Crippen molar-refractivity contribution >= 4 is 0 Å². The maximum atomic E-state index is 6.15. The summed E-state index contributed by atoms with van der Waals surface area (Å²) in [5.74, 6) is 0.753. The van der Waals surface area contributed by atoms with Crippen LogP contribution in [-0.4, -0.2) is 18.6 Å². The molecule has 0 aromatic carbocycles. The quantitative estimate of drug-likeness (QED) is 0.651. The van der Waals surface area contributed by atoms with E-state index in [4.69, 9.17) is 5.73 Å². The number of hydrogen-bond donors (Lipinski definition) is 2. The minimum atomic E-state index is 0.466. The molecular weight excluding hydrogens is 160 g/mol. The summed E-state index contributed by atoms with van der Waals surface area (Å²) in [5, 5.41) is 3.60. The van der Waals surface area contributed by atoms with Crippen LogP contribution in [0.3, 0.4) is 0 Å². The summed E-state index contributed by atoms with van der Waals surface area (Å²) in [7, 11) is 0. The van der Waals surface area contributed by atoms with E-state index in [1.54, 1.807) is 0 Å². The Kier molecular flexibility index (Phi) is 3.23. The van der Waals surface area contributed by atoms with Crippen molar-refractivity contribution in [3.8, 4) is 0 Å². The largest absolute Gasteiger partial charge is 0.327 e. The van der Waals surface area contributed by atoms with Crippen LogP contribution >= 0.6 is 0 Å². The van der Waals surface area contributed by atoms with Crippen molar-refractivity contribution in [2.24, 2.45) is 11.7 Å². The van der Waals surface area contributed by atoms with E-state index in [0.717, 1.165) is 12.0 Å². The lowest BCUT2D eigenvalue weighted by molar-refractivity contribution is 0.374. The van der Waals surface area contributed by atoms with Crippen molar-refractivity contribution in [3.63, 3.8) is 0 Å². The van der Waals surface area contributed by atoms with Crippen LogP contribution in [0.2, 0.25) is 0 Å². The van der Waals surface area contributed by atoms with Crippen molar-refractivity contribution in [3.05, 3.63) is 0 Å². The van der Waals surface area contributed by atoms with E-state index in [1.807, 2.05) is 0 Å². The highest BCUT2D eigenvalue weighted by atomic mass is 15.0. The van der Waals surface area contributed by atoms with Crippen LogP contribution in [0.4, 0.5) is 0 Å². The Hall–Kier alpha value is -0.0800. The second kappa shape index (κ2) is 4.43. The van der Waals surface area contributed by atoms with Crippen LogP contribution in [0, 0.1) is 5.92 Å². The summed E-state index contributed by atoms with van der Waals surface area (Å²) in [6.45, 7) is 1.17. The molecule has 2 atom stereocenters. The van der Waals surface area contributed by atoms with Gasteiger partial charge in [-0.2, -0.15) is 0 Å². The van der Waals surface area contributed by atoms with Crippen molar-refractivity contribution in [1.29, 1.82) is 0 Å². The van der Waals surface area contributed by atoms with Gasteiger partial charge in [0, 0.05) is 12.1 Å². The molecule has 0 saturated heterocycles. The molecule has 2 aliphatic rings. The van der Waals surface area contributed by atoms with Gasteiger partial charge in [0.1, 0.15) is 0 Å². The van der Waals surface area contributed by atoms with E-state index in [0.29, 0.717) is 6.04 Å². The fourth-order valence-electron chi connectivity index (χ4n) is 2.27. The van der Waals surface area contributed by atoms with E-state index < -0.39 is 0 Å². The highest BCUT2D eigenvalue weighted by Gasteiger charge is 2.25. The van der Waals surface area contributed by atoms with Crippen LogP contribution in [0.5, 0.6) is 0 Å². The molecule has 0 bridgehead atoms. The zero-order valence-electron chi connectivity index (χ0n) is 8.47. The van der Waals surface area contributed by atoms with E-state index in [1.165, 1.54) is 51.5 Å². The standard InChI is InChI=1S/C11H22N2/c12-11-5-3-1-2-4-9(11)8-13-10-6-7-10/h9-11,13H,1-8,12H2. The number of nitrogens with one attached hydrogen (secondary N) is 1. The first-order chi connectivity index (χ1) is 6.36. The predicted octanol–water partition coefficient (Wildman–Crippen LogP) is 1.65. The van der Waals surface area contributed by atoms with Gasteiger partial charge in [0.2, 0.25) is 0 Å². The van der Waals surface area contributed by atoms with Gasteiger partial charge >= 0.3 is 0 Å². The molecule has 0 heterocycles. The van der Waals surface area contributed by atoms with Crippen LogP contribution < -0.4 is 11.1 Å². The summed E-state index contributed by atoms with van der Waals surface area (Å²) in [4.78, 5) is 0. The zero-order chi connectivity index (χ0) is 9.10. The normalized spacial score (nSPS) is 35.8. The lowest BCUT2D eigenvalue weighted by atomic mass is 9.95. The maximum Gasteiger partial charge on any atom is 0.00792 e. The first-order valence-corrected chi connectivity index (χ1v) is 5.85. The molecule has 0 aliphatic heterocycles. The Morgan fingerprint density at radius 1 is 1.00 bits per heavy atom. The van der Waals surface area contributed by atoms with Gasteiger partial charge in [-0.15, -0.1) is 0 Å². The van der Waals surface area contributed by atoms with Gasteiger partial charge < -0.3 is 11.1 Å². The molecule has 13 heavy (non-hydrogen) atoms. The predicted molar refractivity (Wildman–Crippen MR) is 55.6 cm³/mol. The summed E-state index contributed by atoms with van der Waals surface area (Å²) >= 11 is 0. The topological polar surface area (TPSA) is 38.0 Å². The van der Waals surface area contributed by atoms with Crippen LogP contribution in [0.25, 0.3) is 0 Å². The smallest absolute Gasteiger partial charge is 0.00792 e. The molecule has 2 nitrogen and oxygen atoms in total. The molecule has 2 rings (SSSR count). The third-order valence-corrected chi connectivity index (χ3v) is 3.46. The Balaban J connectivity index is 1.72. The SMILES string of the molecule is NC1CCCCCC1CNC1CC1. The van der Waals surface area contributed by atoms with Crippen LogP contribution in [0.15, 0.2) is 0 Å². The molecule has 0 spiro atoms. The molecule has 2 aliphatic carbocycles. The molecule has 2 fully saturated rings. The minimum absolute atomic E-state index is 0.466. The highest BCUT2D eigenvalue weighted by Crippen LogP contribution is 2.24. The third kappa shape index (κ3) is 2.96. The number of hydrogen-bond acceptors (Lipinski definition) is 2. The first-order valence-electron chi connectivity index (χ1n) is 5.85. The van der Waals surface area contributed by atoms with E-state index in [2.05, 4.69) is 5.32 Å². The fraction of sp³-hybridized carbons (Fsp3) is 1.00. The van der Waals surface area contributed by atoms with Gasteiger partial charge in [0.05, 0.1) is 0 Å². The van der Waals surface area contributed by atoms with Crippen LogP contribution in [0.1, 0.15) is 44.9 Å². The number of rotatable bonds is 3. The van der Waals surface area contributed by atoms with Gasteiger partial charge in [0.15, 0.2) is 0 Å². The van der Waals surface area contributed by atoms with Crippen molar-refractivity contribution in [1.82, 2.24) is 5.32 Å². The summed E-state index contributed by atoms with van der Waals surface area (Å²) in [6, 6.07) is 1.31. The van der Waals surface area contributed by atoms with Gasteiger partial charge in [-0.1, -0.05) is 19.3 Å². The monoisotopic (exact) mass is 182 g/mol. The molecule has 3 N–H and O–H groups in total. The summed E-state index contributed by atoms with van der Waals surface area (Å²) in [6.07, 6.45) is 9.52. The van der Waals surface area contributed by atoms with Gasteiger partial charge in [-0.3, -0.25) is 0 Å². The van der Waals surface area contributed by atoms with Gasteiger partial charge in [0.25, 0.3) is 0 Å². The fourth-order valence-corrected chi connectivity index (χ4v) is 2.27. The average Bonchev–Trinajstić information content (AvgIpc) is 2.90. The molecule has 2 heteroatoms. The first kappa shape index (κ1) is 9.47. The summed E-state index contributed by atoms with van der Waals surface area (Å²) in [5.41, 5.74) is 6.15. The lowest BCUT2D eigenvalue weighted by Crippen LogP contribution is -2.37. The Morgan fingerprint density at radius 2 is 1.77 bits per heavy atom. The Labute approximate surface area is 81.3 Å². The zero-order valence-corrected chi connectivity index (χ0v) is 8.47. The van der Waals surface area contributed by atoms with Gasteiger partial charge in [-0.05, 0) is 38.1 Å². The average molecular weight is 182 g/mol. The lowest BCUT2D eigenvalue weighted by Gasteiger charge is -2.21. The summed E-state index contributed by atoms with van der Waals surface area (Å²) < 4.78 is 0. The van der Waals surface area contributed by atoms with E-state index in [-0.39, 0.29) is 0 Å². The van der Waals surface area contributed by atoms with E-state index in [9.17, 15) is 0 Å². The number of nitrogens with two attached hydrogens (primary N) is 1. The second-order valence-corrected chi connectivity index (χ2v) is 4.74. The molecule has 0 amide bonds. The van der Waals surface area contributed by atoms with Crippen molar-refractivity contribution in [2.75, 3.05) is 6.54 Å². The molecule has 2 unspecified atom stereocenters. The molecule has 76 valence electrons. The Bertz CT molecular complexity index is 154. The molecular formula is C11H22N2. The van der Waals surface area contributed by atoms with Crippen LogP contribution in [-0.2, 0) is 0 Å². The van der Waals surface area contributed by atoms with E-state index >= 15 is 0 Å². The van der Waals surface area contributed by atoms with Gasteiger partial charge in [-0.25, -0.2) is 0 Å². The van der Waals surface area contributed by atoms with Crippen molar-refractivity contribution in [2.45, 2.75) is 57.0 Å². The third-order valence-electron chi connectivity index (χ3n) is 3.46. The molecule has 2 saturated carbocycles. The minimum Gasteiger partial charge on any atom is -0.327 e. The highest BCUT2D eigenvalue weighted by molar-refractivity contribution is 4.85. The molecule has 0 aromatic heterocycles. The Morgan fingerprint density at radius 3 is 2.54 bits per heavy atom. The maximum absolute atomic E-state index is 6.15. The second-order valence-electron chi connectivity index (χ2n) is 4.74. The molecule has 0 radical (unpaired) electrons. The molecule has 0 aromatic rings.